The number of nitrogens with one attached hydrogen (secondary N) is 1. The Balaban J connectivity index is 1.53. The van der Waals surface area contributed by atoms with Gasteiger partial charge < -0.3 is 25.3 Å². The first-order valence-corrected chi connectivity index (χ1v) is 10.6. The molecule has 0 unspecified atom stereocenters. The second-order valence-electron chi connectivity index (χ2n) is 7.75. The minimum Gasteiger partial charge on any atom is -0.481 e. The number of nitrogens with two attached hydrogens (primary N) is 1. The molecule has 0 aliphatic heterocycles. The number of carbonyl (C=O) groups is 1. The van der Waals surface area contributed by atoms with E-state index in [0.29, 0.717) is 35.9 Å². The first-order chi connectivity index (χ1) is 15.6. The van der Waals surface area contributed by atoms with E-state index in [0.717, 1.165) is 31.2 Å². The lowest BCUT2D eigenvalue weighted by Crippen LogP contribution is -2.39. The fourth-order valence-corrected chi connectivity index (χ4v) is 4.06. The highest BCUT2D eigenvalue weighted by molar-refractivity contribution is 6.05. The first kappa shape index (κ1) is 22.0. The minimum absolute atomic E-state index is 0.0787. The molecule has 1 aliphatic rings. The van der Waals surface area contributed by atoms with Crippen molar-refractivity contribution in [3.63, 3.8) is 0 Å². The second-order valence-corrected chi connectivity index (χ2v) is 7.75. The number of hydrogen-bond acceptors (Lipinski definition) is 8. The lowest BCUT2D eigenvalue weighted by Gasteiger charge is -2.29. The number of fused-ring (bicyclic) bond motifs is 1. The topological polar surface area (TPSA) is 126 Å². The molecule has 3 heterocycles. The quantitative estimate of drug-likeness (QED) is 0.510. The number of pyridine rings is 1. The van der Waals surface area contributed by atoms with Crippen molar-refractivity contribution in [3.8, 4) is 17.1 Å². The van der Waals surface area contributed by atoms with Crippen LogP contribution in [0.25, 0.3) is 16.8 Å². The van der Waals surface area contributed by atoms with Crippen LogP contribution in [0.15, 0.2) is 30.7 Å². The summed E-state index contributed by atoms with van der Waals surface area (Å²) in [6.07, 6.45) is 6.75. The average molecular weight is 441 g/mol. The van der Waals surface area contributed by atoms with Gasteiger partial charge in [0.15, 0.2) is 5.82 Å². The van der Waals surface area contributed by atoms with Crippen LogP contribution < -0.4 is 15.8 Å². The van der Waals surface area contributed by atoms with Crippen LogP contribution in [0.3, 0.4) is 0 Å². The van der Waals surface area contributed by atoms with Crippen LogP contribution in [-0.2, 0) is 9.47 Å². The van der Waals surface area contributed by atoms with Crippen LogP contribution in [0.2, 0.25) is 0 Å². The first-order valence-electron chi connectivity index (χ1n) is 10.6. The van der Waals surface area contributed by atoms with Gasteiger partial charge in [0.2, 0.25) is 5.88 Å². The molecule has 0 atom stereocenters. The van der Waals surface area contributed by atoms with Crippen LogP contribution in [-0.4, -0.2) is 65.1 Å². The Kier molecular flexibility index (Phi) is 6.81. The van der Waals surface area contributed by atoms with E-state index in [2.05, 4.69) is 20.4 Å². The van der Waals surface area contributed by atoms with Gasteiger partial charge in [-0.25, -0.2) is 14.5 Å². The van der Waals surface area contributed by atoms with E-state index in [1.165, 1.54) is 6.33 Å². The van der Waals surface area contributed by atoms with Crippen LogP contribution in [0, 0.1) is 0 Å². The van der Waals surface area contributed by atoms with Gasteiger partial charge in [-0.2, -0.15) is 5.10 Å². The van der Waals surface area contributed by atoms with Gasteiger partial charge in [0.1, 0.15) is 11.8 Å². The molecular weight excluding hydrogens is 412 g/mol. The number of anilines is 1. The molecule has 0 spiro atoms. The van der Waals surface area contributed by atoms with Crippen LogP contribution in [0.1, 0.15) is 36.0 Å². The molecule has 0 aromatic carbocycles. The zero-order valence-electron chi connectivity index (χ0n) is 18.3. The fourth-order valence-electron chi connectivity index (χ4n) is 4.06. The SMILES string of the molecule is COCCO[C@H]1CC[C@H](NC(=O)c2cc(-c3ccnc(OC)c3)n3ncnc(N)c23)CC1. The largest absolute Gasteiger partial charge is 0.481 e. The molecule has 1 saturated carbocycles. The maximum atomic E-state index is 13.2. The number of carbonyl (C=O) groups excluding carboxylic acids is 1. The molecule has 3 aromatic rings. The van der Waals surface area contributed by atoms with Crippen LogP contribution in [0.4, 0.5) is 5.82 Å². The smallest absolute Gasteiger partial charge is 0.253 e. The van der Waals surface area contributed by atoms with Crippen molar-refractivity contribution in [2.45, 2.75) is 37.8 Å². The molecule has 32 heavy (non-hydrogen) atoms. The zero-order valence-corrected chi connectivity index (χ0v) is 18.3. The summed E-state index contributed by atoms with van der Waals surface area (Å²) in [6.45, 7) is 1.18. The molecule has 1 fully saturated rings. The number of ether oxygens (including phenoxy) is 3. The Morgan fingerprint density at radius 2 is 2.00 bits per heavy atom. The van der Waals surface area contributed by atoms with Crippen molar-refractivity contribution in [3.05, 3.63) is 36.3 Å². The molecule has 0 bridgehead atoms. The van der Waals surface area contributed by atoms with E-state index < -0.39 is 0 Å². The summed E-state index contributed by atoms with van der Waals surface area (Å²) in [5.41, 5.74) is 8.56. The number of nitrogen functional groups attached to an aromatic ring is 1. The summed E-state index contributed by atoms with van der Waals surface area (Å²) in [4.78, 5) is 21.4. The van der Waals surface area contributed by atoms with Gasteiger partial charge in [0.05, 0.1) is 37.7 Å². The molecule has 3 N–H and O–H groups in total. The molecule has 1 aliphatic carbocycles. The van der Waals surface area contributed by atoms with Crippen LogP contribution in [0.5, 0.6) is 5.88 Å². The number of methoxy groups -OCH3 is 2. The Hall–Kier alpha value is -3.24. The van der Waals surface area contributed by atoms with Gasteiger partial charge in [-0.05, 0) is 37.8 Å². The van der Waals surface area contributed by atoms with E-state index in [1.807, 2.05) is 6.07 Å². The predicted octanol–water partition coefficient (Wildman–Crippen LogP) is 2.09. The molecule has 0 saturated heterocycles. The highest BCUT2D eigenvalue weighted by atomic mass is 16.5. The fraction of sp³-hybridized carbons (Fsp3) is 0.455. The Morgan fingerprint density at radius 3 is 2.75 bits per heavy atom. The molecule has 170 valence electrons. The average Bonchev–Trinajstić information content (AvgIpc) is 3.22. The lowest BCUT2D eigenvalue weighted by molar-refractivity contribution is -0.00408. The second kappa shape index (κ2) is 9.92. The van der Waals surface area contributed by atoms with E-state index in [1.54, 1.807) is 37.1 Å². The third-order valence-corrected chi connectivity index (χ3v) is 5.72. The van der Waals surface area contributed by atoms with Crippen molar-refractivity contribution < 1.29 is 19.0 Å². The number of hydrogen-bond donors (Lipinski definition) is 2. The van der Waals surface area contributed by atoms with E-state index in [-0.39, 0.29) is 23.9 Å². The molecule has 4 rings (SSSR count). The van der Waals surface area contributed by atoms with Crippen molar-refractivity contribution in [1.29, 1.82) is 0 Å². The third kappa shape index (κ3) is 4.66. The van der Waals surface area contributed by atoms with Crippen LogP contribution >= 0.6 is 0 Å². The maximum Gasteiger partial charge on any atom is 0.253 e. The number of amides is 1. The summed E-state index contributed by atoms with van der Waals surface area (Å²) in [6, 6.07) is 5.47. The summed E-state index contributed by atoms with van der Waals surface area (Å²) in [7, 11) is 3.22. The molecule has 1 amide bonds. The highest BCUT2D eigenvalue weighted by Gasteiger charge is 2.26. The maximum absolute atomic E-state index is 13.2. The Morgan fingerprint density at radius 1 is 1.19 bits per heavy atom. The molecule has 0 radical (unpaired) electrons. The number of nitrogens with zero attached hydrogens (tertiary/aromatic N) is 4. The summed E-state index contributed by atoms with van der Waals surface area (Å²) >= 11 is 0. The number of aromatic nitrogens is 4. The third-order valence-electron chi connectivity index (χ3n) is 5.72. The van der Waals surface area contributed by atoms with E-state index in [4.69, 9.17) is 19.9 Å². The summed E-state index contributed by atoms with van der Waals surface area (Å²) in [5, 5.41) is 7.48. The van der Waals surface area contributed by atoms with Gasteiger partial charge >= 0.3 is 0 Å². The monoisotopic (exact) mass is 440 g/mol. The van der Waals surface area contributed by atoms with E-state index in [9.17, 15) is 4.79 Å². The van der Waals surface area contributed by atoms with Gasteiger partial charge in [-0.15, -0.1) is 0 Å². The highest BCUT2D eigenvalue weighted by Crippen LogP contribution is 2.29. The lowest BCUT2D eigenvalue weighted by atomic mass is 9.92. The standard InChI is InChI=1S/C22H28N6O4/c1-30-9-10-32-16-5-3-15(4-6-16)27-22(29)17-12-18(14-7-8-24-19(11-14)31-2)28-20(17)21(23)25-13-26-28/h7-8,11-13,15-16H,3-6,9-10H2,1-2H3,(H,27,29)(H2,23,25,26)/t15-,16-. The van der Waals surface area contributed by atoms with Gasteiger partial charge in [0.25, 0.3) is 5.91 Å². The van der Waals surface area contributed by atoms with Gasteiger partial charge in [-0.1, -0.05) is 0 Å². The Bertz CT molecular complexity index is 1080. The predicted molar refractivity (Wildman–Crippen MR) is 119 cm³/mol. The summed E-state index contributed by atoms with van der Waals surface area (Å²) < 4.78 is 17.7. The van der Waals surface area contributed by atoms with Crippen molar-refractivity contribution in [1.82, 2.24) is 24.9 Å². The van der Waals surface area contributed by atoms with Crippen molar-refractivity contribution >= 4 is 17.2 Å². The van der Waals surface area contributed by atoms with Gasteiger partial charge in [0, 0.05) is 31.0 Å². The van der Waals surface area contributed by atoms with Gasteiger partial charge in [-0.3, -0.25) is 4.79 Å². The molecule has 10 nitrogen and oxygen atoms in total. The normalized spacial score (nSPS) is 18.6. The zero-order chi connectivity index (χ0) is 22.5. The van der Waals surface area contributed by atoms with Crippen molar-refractivity contribution in [2.24, 2.45) is 0 Å². The van der Waals surface area contributed by atoms with Crippen molar-refractivity contribution in [2.75, 3.05) is 33.2 Å². The molecular formula is C22H28N6O4. The number of rotatable bonds is 8. The Labute approximate surface area is 186 Å². The van der Waals surface area contributed by atoms with E-state index >= 15 is 0 Å². The molecule has 10 heteroatoms. The molecule has 3 aromatic heterocycles. The minimum atomic E-state index is -0.194. The summed E-state index contributed by atoms with van der Waals surface area (Å²) in [5.74, 6) is 0.516.